The number of phosphoric acid groups is 2. The van der Waals surface area contributed by atoms with Gasteiger partial charge in [0.05, 0.1) is 0 Å². The summed E-state index contributed by atoms with van der Waals surface area (Å²) in [4.78, 5) is 48.9. The fourth-order valence-electron chi connectivity index (χ4n) is 0.139. The molecule has 0 aliphatic carbocycles. The van der Waals surface area contributed by atoms with Gasteiger partial charge in [0.2, 0.25) is 6.29 Å². The van der Waals surface area contributed by atoms with Crippen molar-refractivity contribution in [1.29, 1.82) is 0 Å². The first-order valence-corrected chi connectivity index (χ1v) is 5.54. The van der Waals surface area contributed by atoms with Gasteiger partial charge in [0.25, 0.3) is 0 Å². The van der Waals surface area contributed by atoms with Crippen LogP contribution in [0.2, 0.25) is 0 Å². The van der Waals surface area contributed by atoms with Crippen molar-refractivity contribution in [2.45, 2.75) is 0 Å². The van der Waals surface area contributed by atoms with E-state index in [-0.39, 0.29) is 6.29 Å². The summed E-state index contributed by atoms with van der Waals surface area (Å²) in [6, 6.07) is 0. The maximum absolute atomic E-state index is 9.63. The Hall–Kier alpha value is -0.600. The number of carboxylic acid groups (broad SMARTS) is 1. The fourth-order valence-corrected chi connectivity index (χ4v) is 1.25. The van der Waals surface area contributed by atoms with Crippen molar-refractivity contribution in [1.82, 2.24) is 0 Å². The normalized spacial score (nSPS) is 11.1. The molecule has 0 saturated heterocycles. The van der Waals surface area contributed by atoms with Gasteiger partial charge in [-0.3, -0.25) is 4.79 Å². The molecule has 5 N–H and O–H groups in total. The third-order valence-corrected chi connectivity index (χ3v) is 2.02. The van der Waals surface area contributed by atoms with Gasteiger partial charge in [-0.05, 0) is 0 Å². The number of aliphatic carboxylic acids is 1. The highest BCUT2D eigenvalue weighted by atomic mass is 31.3. The molecule has 0 atom stereocenters. The van der Waals surface area contributed by atoms with E-state index in [0.29, 0.717) is 0 Å². The van der Waals surface area contributed by atoms with Crippen molar-refractivity contribution in [3.05, 3.63) is 0 Å². The molecule has 84 valence electrons. The summed E-state index contributed by atoms with van der Waals surface area (Å²) in [5.41, 5.74) is 0. The zero-order chi connectivity index (χ0) is 12.0. The Morgan fingerprint density at radius 3 is 1.29 bits per heavy atom. The minimum absolute atomic E-state index is 0.167. The Morgan fingerprint density at radius 2 is 1.29 bits per heavy atom. The van der Waals surface area contributed by atoms with Gasteiger partial charge in [-0.1, -0.05) is 0 Å². The van der Waals surface area contributed by atoms with Gasteiger partial charge < -0.3 is 24.7 Å². The number of hydrogen-bond donors (Lipinski definition) is 5. The van der Waals surface area contributed by atoms with E-state index in [9.17, 15) is 9.13 Å². The molecular formula is C2H6O10P2. The maximum Gasteiger partial charge on any atom is 0.478 e. The standard InChI is InChI=1S/C2H2O3.H4O7P2/c3-1-2(4)5;1-8(2,3)7-9(4,5)6/h1H,(H,4,5);(H2,1,2,3)(H2,4,5,6). The molecule has 0 aromatic carbocycles. The summed E-state index contributed by atoms with van der Waals surface area (Å²) in [6.07, 6.45) is -0.167. The zero-order valence-electron chi connectivity index (χ0n) is 6.25. The molecule has 0 fully saturated rings. The van der Waals surface area contributed by atoms with Crippen molar-refractivity contribution < 1.29 is 47.7 Å². The van der Waals surface area contributed by atoms with E-state index in [1.54, 1.807) is 0 Å². The molecule has 0 aliphatic heterocycles. The number of carbonyl (C=O) groups is 2. The molecule has 0 aromatic rings. The average Bonchev–Trinajstić information content (AvgIpc) is 1.80. The number of hydrogen-bond acceptors (Lipinski definition) is 5. The summed E-state index contributed by atoms with van der Waals surface area (Å²) in [7, 11) is -10.1. The Morgan fingerprint density at radius 1 is 1.07 bits per heavy atom. The van der Waals surface area contributed by atoms with Gasteiger partial charge in [-0.25, -0.2) is 13.9 Å². The Labute approximate surface area is 76.6 Å². The van der Waals surface area contributed by atoms with Crippen LogP contribution in [0.15, 0.2) is 0 Å². The van der Waals surface area contributed by atoms with E-state index in [2.05, 4.69) is 4.31 Å². The molecule has 0 saturated carbocycles. The van der Waals surface area contributed by atoms with E-state index in [1.165, 1.54) is 0 Å². The smallest absolute Gasteiger partial charge is 0.476 e. The molecule has 0 spiro atoms. The molecule has 0 aliphatic rings. The molecule has 0 heterocycles. The van der Waals surface area contributed by atoms with Gasteiger partial charge in [0.1, 0.15) is 0 Å². The Bertz CT molecular complexity index is 260. The lowest BCUT2D eigenvalue weighted by atomic mass is 10.8. The highest BCUT2D eigenvalue weighted by molar-refractivity contribution is 7.60. The van der Waals surface area contributed by atoms with Crippen LogP contribution in [-0.4, -0.2) is 36.9 Å². The van der Waals surface area contributed by atoms with E-state index in [4.69, 9.17) is 34.3 Å². The van der Waals surface area contributed by atoms with Crippen LogP contribution in [0, 0.1) is 0 Å². The van der Waals surface area contributed by atoms with Crippen molar-refractivity contribution in [2.24, 2.45) is 0 Å². The van der Waals surface area contributed by atoms with E-state index in [1.807, 2.05) is 0 Å². The van der Waals surface area contributed by atoms with Crippen molar-refractivity contribution >= 4 is 27.9 Å². The fraction of sp³-hybridized carbons (Fsp3) is 0. The zero-order valence-corrected chi connectivity index (χ0v) is 8.04. The van der Waals surface area contributed by atoms with E-state index in [0.717, 1.165) is 0 Å². The third kappa shape index (κ3) is 22.5. The lowest BCUT2D eigenvalue weighted by molar-refractivity contribution is -0.143. The SMILES string of the molecule is O=CC(=O)O.O=P(O)(O)OP(=O)(O)O. The first-order chi connectivity index (χ1) is 5.98. The molecule has 0 amide bonds. The second-order valence-corrected chi connectivity index (χ2v) is 4.13. The summed E-state index contributed by atoms with van der Waals surface area (Å²) in [5, 5.41) is 7.35. The lowest BCUT2D eigenvalue weighted by Gasteiger charge is -2.03. The Kier molecular flexibility index (Phi) is 6.79. The molecule has 0 bridgehead atoms. The van der Waals surface area contributed by atoms with Gasteiger partial charge in [-0.2, -0.15) is 4.31 Å². The van der Waals surface area contributed by atoms with Crippen molar-refractivity contribution in [3.63, 3.8) is 0 Å². The maximum atomic E-state index is 9.63. The van der Waals surface area contributed by atoms with Crippen LogP contribution in [-0.2, 0) is 23.0 Å². The highest BCUT2D eigenvalue weighted by Gasteiger charge is 2.27. The molecule has 12 heteroatoms. The predicted octanol–water partition coefficient (Wildman–Crippen LogP) is -1.54. The largest absolute Gasteiger partial charge is 0.478 e. The van der Waals surface area contributed by atoms with Crippen LogP contribution in [0.5, 0.6) is 0 Å². The average molecular weight is 252 g/mol. The number of carbonyl (C=O) groups excluding carboxylic acids is 1. The van der Waals surface area contributed by atoms with Crippen LogP contribution in [0.4, 0.5) is 0 Å². The summed E-state index contributed by atoms with van der Waals surface area (Å²) < 4.78 is 22.2. The summed E-state index contributed by atoms with van der Waals surface area (Å²) in [5.74, 6) is -1.43. The first kappa shape index (κ1) is 15.9. The third-order valence-electron chi connectivity index (χ3n) is 0.314. The van der Waals surface area contributed by atoms with Crippen LogP contribution < -0.4 is 0 Å². The molecular weight excluding hydrogens is 246 g/mol. The topological polar surface area (TPSA) is 179 Å². The minimum Gasteiger partial charge on any atom is -0.476 e. The number of rotatable bonds is 3. The second-order valence-electron chi connectivity index (χ2n) is 1.52. The van der Waals surface area contributed by atoms with Crippen LogP contribution in [0.25, 0.3) is 0 Å². The Balaban J connectivity index is 0. The summed E-state index contributed by atoms with van der Waals surface area (Å²) in [6.45, 7) is 0. The minimum atomic E-state index is -5.05. The van der Waals surface area contributed by atoms with Gasteiger partial charge in [0.15, 0.2) is 0 Å². The molecule has 14 heavy (non-hydrogen) atoms. The van der Waals surface area contributed by atoms with Crippen LogP contribution in [0.3, 0.4) is 0 Å². The first-order valence-electron chi connectivity index (χ1n) is 2.48. The molecule has 10 nitrogen and oxygen atoms in total. The van der Waals surface area contributed by atoms with Crippen LogP contribution >= 0.6 is 15.6 Å². The van der Waals surface area contributed by atoms with E-state index < -0.39 is 21.6 Å². The molecule has 0 rings (SSSR count). The van der Waals surface area contributed by atoms with Gasteiger partial charge in [-0.15, -0.1) is 0 Å². The quantitative estimate of drug-likeness (QED) is 0.224. The monoisotopic (exact) mass is 252 g/mol. The highest BCUT2D eigenvalue weighted by Crippen LogP contribution is 2.53. The molecule has 0 unspecified atom stereocenters. The van der Waals surface area contributed by atoms with Gasteiger partial charge >= 0.3 is 21.6 Å². The molecule has 0 radical (unpaired) electrons. The van der Waals surface area contributed by atoms with Crippen molar-refractivity contribution in [2.75, 3.05) is 0 Å². The lowest BCUT2D eigenvalue weighted by Crippen LogP contribution is -1.91. The number of carboxylic acids is 1. The molecule has 0 aromatic heterocycles. The predicted molar refractivity (Wildman–Crippen MR) is 38.9 cm³/mol. The second kappa shape index (κ2) is 5.99. The number of aldehydes is 1. The van der Waals surface area contributed by atoms with Crippen LogP contribution in [0.1, 0.15) is 0 Å². The summed E-state index contributed by atoms with van der Waals surface area (Å²) >= 11 is 0. The van der Waals surface area contributed by atoms with E-state index >= 15 is 0 Å². The van der Waals surface area contributed by atoms with Crippen molar-refractivity contribution in [3.8, 4) is 0 Å². The van der Waals surface area contributed by atoms with Gasteiger partial charge in [0, 0.05) is 0 Å².